The first-order valence-corrected chi connectivity index (χ1v) is 11.7. The van der Waals surface area contributed by atoms with E-state index in [4.69, 9.17) is 4.42 Å². The number of hydrogen-bond donors (Lipinski definition) is 0. The summed E-state index contributed by atoms with van der Waals surface area (Å²) >= 11 is 1.44. The van der Waals surface area contributed by atoms with Gasteiger partial charge in [0.1, 0.15) is 5.69 Å². The lowest BCUT2D eigenvalue weighted by atomic mass is 9.76. The number of likely N-dealkylation sites (tertiary alicyclic amines) is 2. The molecular weight excluding hydrogens is 416 g/mol. The summed E-state index contributed by atoms with van der Waals surface area (Å²) in [7, 11) is 3.55. The molecule has 31 heavy (non-hydrogen) atoms. The van der Waals surface area contributed by atoms with Gasteiger partial charge in [-0.3, -0.25) is 14.5 Å². The Bertz CT molecular complexity index is 917. The van der Waals surface area contributed by atoms with Crippen molar-refractivity contribution >= 4 is 23.2 Å². The minimum absolute atomic E-state index is 0.00349. The first-order chi connectivity index (χ1) is 14.8. The van der Waals surface area contributed by atoms with E-state index in [1.807, 2.05) is 18.7 Å². The number of nitrogens with zero attached hydrogens (tertiary/aromatic N) is 6. The molecular formula is C21H30N6O3S. The van der Waals surface area contributed by atoms with Gasteiger partial charge in [0, 0.05) is 45.0 Å². The van der Waals surface area contributed by atoms with Gasteiger partial charge in [-0.1, -0.05) is 13.8 Å². The Morgan fingerprint density at radius 1 is 1.29 bits per heavy atom. The van der Waals surface area contributed by atoms with Crippen LogP contribution in [0.3, 0.4) is 0 Å². The fourth-order valence-corrected chi connectivity index (χ4v) is 5.04. The van der Waals surface area contributed by atoms with Crippen LogP contribution < -0.4 is 0 Å². The minimum atomic E-state index is -0.0790. The van der Waals surface area contributed by atoms with E-state index in [1.54, 1.807) is 29.9 Å². The quantitative estimate of drug-likeness (QED) is 0.696. The maximum Gasteiger partial charge on any atom is 0.273 e. The van der Waals surface area contributed by atoms with Gasteiger partial charge in [-0.05, 0) is 24.7 Å². The Kier molecular flexibility index (Phi) is 6.11. The lowest BCUT2D eigenvalue weighted by Crippen LogP contribution is -2.45. The molecule has 2 aromatic heterocycles. The lowest BCUT2D eigenvalue weighted by Gasteiger charge is -2.39. The molecule has 0 aliphatic carbocycles. The van der Waals surface area contributed by atoms with Crippen LogP contribution in [0.15, 0.2) is 15.3 Å². The van der Waals surface area contributed by atoms with Crippen molar-refractivity contribution in [1.82, 2.24) is 29.9 Å². The van der Waals surface area contributed by atoms with Crippen molar-refractivity contribution in [2.24, 2.45) is 5.41 Å². The van der Waals surface area contributed by atoms with Crippen LogP contribution in [0.25, 0.3) is 0 Å². The number of carbonyl (C=O) groups is 2. The van der Waals surface area contributed by atoms with Gasteiger partial charge in [-0.2, -0.15) is 0 Å². The molecule has 9 nitrogen and oxygen atoms in total. The van der Waals surface area contributed by atoms with E-state index in [0.29, 0.717) is 37.1 Å². The summed E-state index contributed by atoms with van der Waals surface area (Å²) in [5, 5.41) is 10.3. The topological polar surface area (TPSA) is 95.7 Å². The zero-order chi connectivity index (χ0) is 22.2. The maximum atomic E-state index is 12.7. The zero-order valence-electron chi connectivity index (χ0n) is 18.6. The van der Waals surface area contributed by atoms with E-state index in [-0.39, 0.29) is 29.2 Å². The molecule has 4 heterocycles. The van der Waals surface area contributed by atoms with Gasteiger partial charge in [0.25, 0.3) is 5.91 Å². The van der Waals surface area contributed by atoms with Gasteiger partial charge in [0.15, 0.2) is 0 Å². The second-order valence-electron chi connectivity index (χ2n) is 9.21. The van der Waals surface area contributed by atoms with Crippen molar-refractivity contribution in [3.8, 4) is 0 Å². The predicted octanol–water partition coefficient (Wildman–Crippen LogP) is 2.41. The monoisotopic (exact) mass is 446 g/mol. The van der Waals surface area contributed by atoms with E-state index >= 15 is 0 Å². The summed E-state index contributed by atoms with van der Waals surface area (Å²) in [4.78, 5) is 35.0. The summed E-state index contributed by atoms with van der Waals surface area (Å²) in [5.41, 5.74) is 2.24. The number of amides is 2. The Hall–Kier alpha value is -2.33. The van der Waals surface area contributed by atoms with Crippen LogP contribution in [-0.4, -0.2) is 82.0 Å². The summed E-state index contributed by atoms with van der Waals surface area (Å²) in [6.45, 7) is 6.54. The third-order valence-electron chi connectivity index (χ3n) is 6.44. The van der Waals surface area contributed by atoms with Gasteiger partial charge in [0.05, 0.1) is 18.1 Å². The van der Waals surface area contributed by atoms with Gasteiger partial charge in [0.2, 0.25) is 17.7 Å². The molecule has 2 fully saturated rings. The lowest BCUT2D eigenvalue weighted by molar-refractivity contribution is -0.130. The molecule has 0 N–H and O–H groups in total. The van der Waals surface area contributed by atoms with E-state index in [0.717, 1.165) is 25.8 Å². The number of rotatable bonds is 5. The van der Waals surface area contributed by atoms with Crippen LogP contribution in [0, 0.1) is 5.41 Å². The highest BCUT2D eigenvalue weighted by molar-refractivity contribution is 7.07. The second kappa shape index (κ2) is 8.66. The second-order valence-corrected chi connectivity index (χ2v) is 9.93. The molecule has 0 radical (unpaired) electrons. The number of aromatic nitrogens is 3. The average Bonchev–Trinajstić information content (AvgIpc) is 3.48. The van der Waals surface area contributed by atoms with E-state index in [1.165, 1.54) is 11.3 Å². The smallest absolute Gasteiger partial charge is 0.273 e. The van der Waals surface area contributed by atoms with Crippen molar-refractivity contribution in [2.45, 2.75) is 45.1 Å². The Morgan fingerprint density at radius 2 is 2.03 bits per heavy atom. The Labute approximate surface area is 186 Å². The van der Waals surface area contributed by atoms with Gasteiger partial charge < -0.3 is 14.2 Å². The van der Waals surface area contributed by atoms with Crippen molar-refractivity contribution in [3.63, 3.8) is 0 Å². The number of hydrogen-bond acceptors (Lipinski definition) is 8. The minimum Gasteiger partial charge on any atom is -0.423 e. The number of likely N-dealkylation sites (N-methyl/N-ethyl adjacent to an activating group) is 1. The SMILES string of the molecule is CC(C)c1nnc(C2CC3(CCN(C(=O)c4cscn4)CC3)CN2CC(=O)N(C)C)o1. The highest BCUT2D eigenvalue weighted by atomic mass is 32.1. The average molecular weight is 447 g/mol. The van der Waals surface area contributed by atoms with E-state index in [2.05, 4.69) is 20.1 Å². The van der Waals surface area contributed by atoms with Crippen LogP contribution in [0.1, 0.15) is 67.3 Å². The van der Waals surface area contributed by atoms with Crippen molar-refractivity contribution in [2.75, 3.05) is 40.3 Å². The molecule has 0 bridgehead atoms. The molecule has 1 spiro atoms. The van der Waals surface area contributed by atoms with Crippen molar-refractivity contribution < 1.29 is 14.0 Å². The molecule has 168 valence electrons. The van der Waals surface area contributed by atoms with Crippen LogP contribution in [0.4, 0.5) is 0 Å². The first-order valence-electron chi connectivity index (χ1n) is 10.7. The molecule has 2 aliphatic heterocycles. The summed E-state index contributed by atoms with van der Waals surface area (Å²) in [6.07, 6.45) is 2.63. The third kappa shape index (κ3) is 4.50. The van der Waals surface area contributed by atoms with Crippen LogP contribution in [0.5, 0.6) is 0 Å². The fourth-order valence-electron chi connectivity index (χ4n) is 4.51. The van der Waals surface area contributed by atoms with Crippen LogP contribution in [0.2, 0.25) is 0 Å². The summed E-state index contributed by atoms with van der Waals surface area (Å²) < 4.78 is 5.98. The molecule has 0 aromatic carbocycles. The number of carbonyl (C=O) groups excluding carboxylic acids is 2. The highest BCUT2D eigenvalue weighted by Gasteiger charge is 2.48. The molecule has 2 aliphatic rings. The zero-order valence-corrected chi connectivity index (χ0v) is 19.4. The highest BCUT2D eigenvalue weighted by Crippen LogP contribution is 2.48. The normalized spacial score (nSPS) is 21.2. The molecule has 4 rings (SSSR count). The molecule has 0 saturated carbocycles. The first kappa shape index (κ1) is 21.9. The Morgan fingerprint density at radius 3 is 2.61 bits per heavy atom. The van der Waals surface area contributed by atoms with Gasteiger partial charge in [-0.25, -0.2) is 4.98 Å². The van der Waals surface area contributed by atoms with Crippen molar-refractivity contribution in [1.29, 1.82) is 0 Å². The summed E-state index contributed by atoms with van der Waals surface area (Å²) in [5.74, 6) is 1.44. The third-order valence-corrected chi connectivity index (χ3v) is 7.03. The van der Waals surface area contributed by atoms with Crippen molar-refractivity contribution in [3.05, 3.63) is 28.4 Å². The molecule has 2 aromatic rings. The standard InChI is InChI=1S/C21H30N6O3S/c1-14(2)18-23-24-19(30-18)16-9-21(12-27(16)10-17(28)25(3)4)5-7-26(8-6-21)20(29)15-11-31-13-22-15/h11,13-14,16H,5-10,12H2,1-4H3. The largest absolute Gasteiger partial charge is 0.423 e. The molecule has 2 saturated heterocycles. The number of thiazole rings is 1. The van der Waals surface area contributed by atoms with Gasteiger partial charge in [-0.15, -0.1) is 21.5 Å². The molecule has 1 unspecified atom stereocenters. The maximum absolute atomic E-state index is 12.7. The molecule has 2 amide bonds. The van der Waals surface area contributed by atoms with Gasteiger partial charge >= 0.3 is 0 Å². The number of piperidine rings is 1. The summed E-state index contributed by atoms with van der Waals surface area (Å²) in [6, 6.07) is -0.0790. The van der Waals surface area contributed by atoms with Crippen LogP contribution in [-0.2, 0) is 4.79 Å². The molecule has 1 atom stereocenters. The fraction of sp³-hybridized carbons (Fsp3) is 0.667. The Balaban J connectivity index is 1.50. The molecule has 10 heteroatoms. The van der Waals surface area contributed by atoms with Crippen LogP contribution >= 0.6 is 11.3 Å². The van der Waals surface area contributed by atoms with E-state index < -0.39 is 0 Å². The van der Waals surface area contributed by atoms with E-state index in [9.17, 15) is 9.59 Å². The predicted molar refractivity (Wildman–Crippen MR) is 116 cm³/mol.